The third-order valence-electron chi connectivity index (χ3n) is 7.50. The number of carbonyl (C=O) groups is 2. The van der Waals surface area contributed by atoms with Crippen LogP contribution in [-0.4, -0.2) is 44.8 Å². The number of halogens is 1. The van der Waals surface area contributed by atoms with Crippen molar-refractivity contribution in [1.29, 1.82) is 0 Å². The van der Waals surface area contributed by atoms with Crippen molar-refractivity contribution in [2.75, 3.05) is 13.1 Å². The molecule has 0 spiro atoms. The summed E-state index contributed by atoms with van der Waals surface area (Å²) in [4.78, 5) is 38.4. The Morgan fingerprint density at radius 1 is 1.15 bits per heavy atom. The van der Waals surface area contributed by atoms with Gasteiger partial charge in [0.05, 0.1) is 11.1 Å². The Morgan fingerprint density at radius 3 is 2.67 bits per heavy atom. The number of aromatic amines is 1. The van der Waals surface area contributed by atoms with E-state index in [-0.39, 0.29) is 18.4 Å². The van der Waals surface area contributed by atoms with Crippen LogP contribution in [0.4, 0.5) is 4.39 Å². The number of hydrogen-bond acceptors (Lipinski definition) is 4. The number of benzene rings is 2. The first-order valence-corrected chi connectivity index (χ1v) is 13.1. The molecule has 6 rings (SSSR count). The summed E-state index contributed by atoms with van der Waals surface area (Å²) in [6.07, 6.45) is 9.79. The fraction of sp³-hybridized carbons (Fsp3) is 0.226. The van der Waals surface area contributed by atoms with Crippen molar-refractivity contribution in [3.05, 3.63) is 102 Å². The van der Waals surface area contributed by atoms with Crippen molar-refractivity contribution < 1.29 is 14.0 Å². The monoisotopic (exact) mass is 521 g/mol. The van der Waals surface area contributed by atoms with Gasteiger partial charge in [-0.2, -0.15) is 0 Å². The maximum Gasteiger partial charge on any atom is 0.251 e. The Balaban J connectivity index is 1.21. The van der Waals surface area contributed by atoms with Gasteiger partial charge in [0.1, 0.15) is 17.8 Å². The lowest BCUT2D eigenvalue weighted by Crippen LogP contribution is -2.33. The zero-order valence-electron chi connectivity index (χ0n) is 21.4. The average Bonchev–Trinajstić information content (AvgIpc) is 3.74. The van der Waals surface area contributed by atoms with Gasteiger partial charge in [0.15, 0.2) is 0 Å². The van der Waals surface area contributed by atoms with E-state index >= 15 is 4.39 Å². The molecule has 1 aliphatic carbocycles. The van der Waals surface area contributed by atoms with Crippen LogP contribution in [0.25, 0.3) is 27.9 Å². The molecule has 2 aromatic heterocycles. The SMILES string of the molecule is C=CC(=O)N1CC=C(c2c[nH]c3ncnc(-c4ccc(CNC(=O)c5ccc(C6CC6)cc5)c(F)c4)c23)CC1. The first kappa shape index (κ1) is 24.7. The van der Waals surface area contributed by atoms with E-state index in [9.17, 15) is 9.59 Å². The number of nitrogens with one attached hydrogen (secondary N) is 2. The summed E-state index contributed by atoms with van der Waals surface area (Å²) in [7, 11) is 0. The molecule has 1 fully saturated rings. The minimum absolute atomic E-state index is 0.0801. The molecule has 0 atom stereocenters. The molecule has 1 saturated carbocycles. The molecule has 2 amide bonds. The van der Waals surface area contributed by atoms with Gasteiger partial charge >= 0.3 is 0 Å². The van der Waals surface area contributed by atoms with Gasteiger partial charge in [-0.05, 0) is 60.6 Å². The van der Waals surface area contributed by atoms with Crippen molar-refractivity contribution in [2.45, 2.75) is 31.7 Å². The maximum atomic E-state index is 15.2. The molecule has 0 unspecified atom stereocenters. The first-order chi connectivity index (χ1) is 19.0. The number of nitrogens with zero attached hydrogens (tertiary/aromatic N) is 3. The smallest absolute Gasteiger partial charge is 0.251 e. The third kappa shape index (κ3) is 4.97. The van der Waals surface area contributed by atoms with Crippen LogP contribution in [0.3, 0.4) is 0 Å². The summed E-state index contributed by atoms with van der Waals surface area (Å²) < 4.78 is 15.2. The van der Waals surface area contributed by atoms with Gasteiger partial charge in [-0.3, -0.25) is 9.59 Å². The molecule has 2 aromatic carbocycles. The Bertz CT molecular complexity index is 1620. The number of H-pyrrole nitrogens is 1. The molecule has 196 valence electrons. The summed E-state index contributed by atoms with van der Waals surface area (Å²) in [5.41, 5.74) is 6.13. The fourth-order valence-electron chi connectivity index (χ4n) is 5.12. The lowest BCUT2D eigenvalue weighted by molar-refractivity contribution is -0.125. The van der Waals surface area contributed by atoms with E-state index in [4.69, 9.17) is 0 Å². The van der Waals surface area contributed by atoms with Crippen molar-refractivity contribution in [3.8, 4) is 11.3 Å². The zero-order chi connectivity index (χ0) is 26.9. The van der Waals surface area contributed by atoms with Gasteiger partial charge in [-0.15, -0.1) is 0 Å². The highest BCUT2D eigenvalue weighted by atomic mass is 19.1. The molecule has 4 aromatic rings. The largest absolute Gasteiger partial charge is 0.348 e. The Kier molecular flexibility index (Phi) is 6.52. The van der Waals surface area contributed by atoms with Crippen LogP contribution >= 0.6 is 0 Å². The van der Waals surface area contributed by atoms with Crippen molar-refractivity contribution in [3.63, 3.8) is 0 Å². The number of amides is 2. The van der Waals surface area contributed by atoms with Crippen LogP contribution in [0.1, 0.15) is 52.2 Å². The highest BCUT2D eigenvalue weighted by Gasteiger charge is 2.24. The molecule has 8 heteroatoms. The van der Waals surface area contributed by atoms with Gasteiger partial charge in [0.25, 0.3) is 5.91 Å². The highest BCUT2D eigenvalue weighted by Crippen LogP contribution is 2.40. The molecule has 7 nitrogen and oxygen atoms in total. The molecule has 0 saturated heterocycles. The second-order valence-electron chi connectivity index (χ2n) is 10.0. The van der Waals surface area contributed by atoms with E-state index in [1.54, 1.807) is 11.0 Å². The summed E-state index contributed by atoms with van der Waals surface area (Å²) in [5, 5.41) is 3.63. The minimum Gasteiger partial charge on any atom is -0.348 e. The standard InChI is InChI=1S/C31H28FN5O2/c1-2-27(38)37-13-11-21(12-14-37)25-17-33-30-28(25)29(35-18-36-30)23-9-10-24(26(32)15-23)16-34-31(39)22-7-5-20(6-8-22)19-3-4-19/h2,5-11,15,17-19H,1,3-4,12-14,16H2,(H,34,39)(H,33,35,36). The number of hydrogen-bond donors (Lipinski definition) is 2. The second-order valence-corrected chi connectivity index (χ2v) is 10.0. The van der Waals surface area contributed by atoms with E-state index < -0.39 is 5.82 Å². The van der Waals surface area contributed by atoms with Crippen molar-refractivity contribution in [1.82, 2.24) is 25.2 Å². The lowest BCUT2D eigenvalue weighted by atomic mass is 9.96. The van der Waals surface area contributed by atoms with Crippen LogP contribution in [0, 0.1) is 5.82 Å². The highest BCUT2D eigenvalue weighted by molar-refractivity contribution is 6.00. The molecule has 3 heterocycles. The van der Waals surface area contributed by atoms with E-state index in [0.717, 1.165) is 16.5 Å². The summed E-state index contributed by atoms with van der Waals surface area (Å²) in [5.74, 6) is -0.113. The molecule has 2 aliphatic rings. The molecule has 0 radical (unpaired) electrons. The quantitative estimate of drug-likeness (QED) is 0.320. The molecule has 0 bridgehead atoms. The number of aromatic nitrogens is 3. The number of rotatable bonds is 7. The van der Waals surface area contributed by atoms with E-state index in [1.807, 2.05) is 42.6 Å². The number of fused-ring (bicyclic) bond motifs is 1. The predicted molar refractivity (Wildman–Crippen MR) is 148 cm³/mol. The molecular formula is C31H28FN5O2. The predicted octanol–water partition coefficient (Wildman–Crippen LogP) is 5.37. The van der Waals surface area contributed by atoms with Gasteiger partial charge in [-0.25, -0.2) is 14.4 Å². The van der Waals surface area contributed by atoms with Crippen LogP contribution in [0.5, 0.6) is 0 Å². The van der Waals surface area contributed by atoms with Crippen LogP contribution in [-0.2, 0) is 11.3 Å². The maximum absolute atomic E-state index is 15.2. The molecular weight excluding hydrogens is 493 g/mol. The lowest BCUT2D eigenvalue weighted by Gasteiger charge is -2.25. The van der Waals surface area contributed by atoms with E-state index in [2.05, 4.69) is 26.8 Å². The van der Waals surface area contributed by atoms with Gasteiger partial charge in [0, 0.05) is 48.1 Å². The van der Waals surface area contributed by atoms with Crippen molar-refractivity contribution in [2.24, 2.45) is 0 Å². The van der Waals surface area contributed by atoms with E-state index in [0.29, 0.717) is 53.5 Å². The normalized spacial score (nSPS) is 15.2. The summed E-state index contributed by atoms with van der Waals surface area (Å²) >= 11 is 0. The second kappa shape index (κ2) is 10.3. The van der Waals surface area contributed by atoms with Crippen molar-refractivity contribution >= 4 is 28.4 Å². The first-order valence-electron chi connectivity index (χ1n) is 13.1. The fourth-order valence-corrected chi connectivity index (χ4v) is 5.12. The Morgan fingerprint density at radius 2 is 1.97 bits per heavy atom. The zero-order valence-corrected chi connectivity index (χ0v) is 21.4. The Hall–Kier alpha value is -4.59. The average molecular weight is 522 g/mol. The van der Waals surface area contributed by atoms with Gasteiger partial charge in [0.2, 0.25) is 5.91 Å². The minimum atomic E-state index is -0.420. The topological polar surface area (TPSA) is 91.0 Å². The van der Waals surface area contributed by atoms with Crippen LogP contribution in [0.2, 0.25) is 0 Å². The Labute approximate surface area is 225 Å². The molecule has 39 heavy (non-hydrogen) atoms. The van der Waals surface area contributed by atoms with Gasteiger partial charge < -0.3 is 15.2 Å². The van der Waals surface area contributed by atoms with E-state index in [1.165, 1.54) is 36.9 Å². The van der Waals surface area contributed by atoms with Gasteiger partial charge in [-0.1, -0.05) is 36.9 Å². The molecule has 2 N–H and O–H groups in total. The third-order valence-corrected chi connectivity index (χ3v) is 7.50. The molecule has 1 aliphatic heterocycles. The summed E-state index contributed by atoms with van der Waals surface area (Å²) in [6.45, 7) is 4.73. The van der Waals surface area contributed by atoms with Crippen LogP contribution in [0.15, 0.2) is 73.7 Å². The number of carbonyl (C=O) groups excluding carboxylic acids is 2. The summed E-state index contributed by atoms with van der Waals surface area (Å²) in [6, 6.07) is 12.6. The van der Waals surface area contributed by atoms with Crippen LogP contribution < -0.4 is 5.32 Å².